The molecule has 0 aliphatic heterocycles. The molecule has 0 aliphatic carbocycles. The second-order valence-corrected chi connectivity index (χ2v) is 6.70. The molecule has 0 atom stereocenters. The normalized spacial score (nSPS) is 12.4. The zero-order valence-electron chi connectivity index (χ0n) is 14.2. The number of rotatable bonds is 6. The summed E-state index contributed by atoms with van der Waals surface area (Å²) in [6.45, 7) is 13.6. The number of aromatic nitrogens is 1. The molecule has 22 heavy (non-hydrogen) atoms. The minimum atomic E-state index is -0.108. The van der Waals surface area contributed by atoms with E-state index in [1.165, 1.54) is 16.5 Å². The van der Waals surface area contributed by atoms with Gasteiger partial charge >= 0.3 is 0 Å². The predicted octanol–water partition coefficient (Wildman–Crippen LogP) is 4.81. The van der Waals surface area contributed by atoms with Crippen molar-refractivity contribution in [2.75, 3.05) is 6.61 Å². The zero-order chi connectivity index (χ0) is 16.3. The van der Waals surface area contributed by atoms with Gasteiger partial charge in [-0.25, -0.2) is 0 Å². The fourth-order valence-electron chi connectivity index (χ4n) is 2.84. The van der Waals surface area contributed by atoms with Gasteiger partial charge in [-0.2, -0.15) is 0 Å². The molecule has 1 N–H and O–H groups in total. The minimum Gasteiger partial charge on any atom is -0.396 e. The summed E-state index contributed by atoms with van der Waals surface area (Å²) in [5.41, 5.74) is 4.63. The Labute approximate surface area is 133 Å². The summed E-state index contributed by atoms with van der Waals surface area (Å²) < 4.78 is 2.28. The van der Waals surface area contributed by atoms with Crippen LogP contribution in [0.1, 0.15) is 38.8 Å². The Bertz CT molecular complexity index is 704. The molecule has 0 amide bonds. The molecular formula is C20H27NO. The van der Waals surface area contributed by atoms with Crippen molar-refractivity contribution in [2.45, 2.75) is 40.7 Å². The molecule has 1 aromatic heterocycles. The second kappa shape index (κ2) is 6.53. The third kappa shape index (κ3) is 3.33. The van der Waals surface area contributed by atoms with Crippen LogP contribution in [0.5, 0.6) is 0 Å². The Balaban J connectivity index is 2.55. The highest BCUT2D eigenvalue weighted by molar-refractivity contribution is 5.88. The molecule has 0 spiro atoms. The topological polar surface area (TPSA) is 25.2 Å². The smallest absolute Gasteiger partial charge is 0.0485 e. The Morgan fingerprint density at radius 3 is 2.68 bits per heavy atom. The van der Waals surface area contributed by atoms with Gasteiger partial charge in [0.25, 0.3) is 0 Å². The first kappa shape index (κ1) is 16.6. The molecule has 2 heteroatoms. The van der Waals surface area contributed by atoms with Crippen molar-refractivity contribution in [3.05, 3.63) is 54.3 Å². The highest BCUT2D eigenvalue weighted by Crippen LogP contribution is 2.30. The summed E-state index contributed by atoms with van der Waals surface area (Å²) in [6, 6.07) is 6.54. The summed E-state index contributed by atoms with van der Waals surface area (Å²) >= 11 is 0. The Kier molecular flexibility index (Phi) is 4.92. The van der Waals surface area contributed by atoms with E-state index in [0.29, 0.717) is 0 Å². The molecule has 2 rings (SSSR count). The van der Waals surface area contributed by atoms with E-state index in [-0.39, 0.29) is 12.0 Å². The number of fused-ring (bicyclic) bond motifs is 1. The maximum Gasteiger partial charge on any atom is 0.0485 e. The first-order chi connectivity index (χ1) is 10.4. The van der Waals surface area contributed by atoms with Crippen LogP contribution < -0.4 is 0 Å². The average Bonchev–Trinajstić information content (AvgIpc) is 2.84. The summed E-state index contributed by atoms with van der Waals surface area (Å²) in [5, 5.41) is 10.8. The van der Waals surface area contributed by atoms with E-state index >= 15 is 0 Å². The fraction of sp³-hybridized carbons (Fsp3) is 0.400. The number of hydrogen-bond donors (Lipinski definition) is 1. The van der Waals surface area contributed by atoms with Gasteiger partial charge in [-0.1, -0.05) is 38.6 Å². The molecule has 0 fully saturated rings. The maximum atomic E-state index is 9.57. The Morgan fingerprint density at radius 2 is 2.09 bits per heavy atom. The molecule has 0 bridgehead atoms. The van der Waals surface area contributed by atoms with Gasteiger partial charge in [0.15, 0.2) is 0 Å². The number of benzene rings is 1. The van der Waals surface area contributed by atoms with Gasteiger partial charge < -0.3 is 9.67 Å². The van der Waals surface area contributed by atoms with E-state index in [4.69, 9.17) is 0 Å². The summed E-state index contributed by atoms with van der Waals surface area (Å²) in [5.74, 6) is 0. The zero-order valence-corrected chi connectivity index (χ0v) is 14.2. The molecule has 0 radical (unpaired) electrons. The van der Waals surface area contributed by atoms with E-state index in [0.717, 1.165) is 24.1 Å². The van der Waals surface area contributed by atoms with Crippen LogP contribution in [0, 0.1) is 5.41 Å². The first-order valence-electron chi connectivity index (χ1n) is 7.96. The van der Waals surface area contributed by atoms with E-state index in [1.807, 2.05) is 19.1 Å². The molecule has 0 aliphatic rings. The molecule has 2 aromatic rings. The molecular weight excluding hydrogens is 270 g/mol. The van der Waals surface area contributed by atoms with Gasteiger partial charge in [-0.05, 0) is 54.5 Å². The Hall–Kier alpha value is -1.80. The lowest BCUT2D eigenvalue weighted by Crippen LogP contribution is -2.19. The van der Waals surface area contributed by atoms with Crippen molar-refractivity contribution < 1.29 is 5.11 Å². The van der Waals surface area contributed by atoms with Gasteiger partial charge in [-0.3, -0.25) is 0 Å². The van der Waals surface area contributed by atoms with E-state index in [2.05, 4.69) is 56.3 Å². The molecule has 0 saturated carbocycles. The van der Waals surface area contributed by atoms with Crippen LogP contribution in [0.3, 0.4) is 0 Å². The molecule has 2 nitrogen and oxygen atoms in total. The molecule has 1 aromatic carbocycles. The van der Waals surface area contributed by atoms with Crippen molar-refractivity contribution in [1.82, 2.24) is 4.57 Å². The summed E-state index contributed by atoms with van der Waals surface area (Å²) in [4.78, 5) is 0. The standard InChI is InChI=1S/C20H27NO/c1-6-8-15(3)16-9-10-19-18(11-16)17(13-21(19)7-2)12-20(4,5)14-22/h6,8-11,13,22H,3,7,12,14H2,1-2,4-5H3/b8-6+. The van der Waals surface area contributed by atoms with Crippen molar-refractivity contribution in [1.29, 1.82) is 0 Å². The number of nitrogens with zero attached hydrogens (tertiary/aromatic N) is 1. The van der Waals surface area contributed by atoms with E-state index in [1.54, 1.807) is 0 Å². The van der Waals surface area contributed by atoms with E-state index < -0.39 is 0 Å². The lowest BCUT2D eigenvalue weighted by atomic mass is 9.86. The van der Waals surface area contributed by atoms with Crippen LogP contribution in [0.15, 0.2) is 43.1 Å². The van der Waals surface area contributed by atoms with Crippen LogP contribution in [-0.2, 0) is 13.0 Å². The molecule has 1 heterocycles. The van der Waals surface area contributed by atoms with Crippen molar-refractivity contribution >= 4 is 16.5 Å². The molecule has 0 saturated heterocycles. The number of hydrogen-bond acceptors (Lipinski definition) is 1. The predicted molar refractivity (Wildman–Crippen MR) is 96.0 cm³/mol. The van der Waals surface area contributed by atoms with Gasteiger partial charge in [0.2, 0.25) is 0 Å². The van der Waals surface area contributed by atoms with Crippen molar-refractivity contribution in [3.63, 3.8) is 0 Å². The number of aliphatic hydroxyl groups is 1. The molecule has 0 unspecified atom stereocenters. The third-order valence-electron chi connectivity index (χ3n) is 4.14. The second-order valence-electron chi connectivity index (χ2n) is 6.70. The summed E-state index contributed by atoms with van der Waals surface area (Å²) in [7, 11) is 0. The van der Waals surface area contributed by atoms with Gasteiger partial charge in [0, 0.05) is 30.3 Å². The Morgan fingerprint density at radius 1 is 1.36 bits per heavy atom. The quantitative estimate of drug-likeness (QED) is 0.760. The highest BCUT2D eigenvalue weighted by Gasteiger charge is 2.20. The van der Waals surface area contributed by atoms with E-state index in [9.17, 15) is 5.11 Å². The van der Waals surface area contributed by atoms with Crippen LogP contribution in [-0.4, -0.2) is 16.3 Å². The maximum absolute atomic E-state index is 9.57. The lowest BCUT2D eigenvalue weighted by molar-refractivity contribution is 0.160. The fourth-order valence-corrected chi connectivity index (χ4v) is 2.84. The van der Waals surface area contributed by atoms with Gasteiger partial charge in [-0.15, -0.1) is 0 Å². The number of aryl methyl sites for hydroxylation is 1. The first-order valence-corrected chi connectivity index (χ1v) is 7.96. The molecule has 118 valence electrons. The minimum absolute atomic E-state index is 0.108. The SMILES string of the molecule is C=C(/C=C/C)c1ccc2c(c1)c(CC(C)(C)CO)cn2CC. The van der Waals surface area contributed by atoms with Crippen LogP contribution >= 0.6 is 0 Å². The van der Waals surface area contributed by atoms with Gasteiger partial charge in [0.1, 0.15) is 0 Å². The third-order valence-corrected chi connectivity index (χ3v) is 4.14. The highest BCUT2D eigenvalue weighted by atomic mass is 16.3. The van der Waals surface area contributed by atoms with Crippen molar-refractivity contribution in [3.8, 4) is 0 Å². The van der Waals surface area contributed by atoms with Gasteiger partial charge in [0.05, 0.1) is 0 Å². The lowest BCUT2D eigenvalue weighted by Gasteiger charge is -2.21. The number of aliphatic hydroxyl groups excluding tert-OH is 1. The van der Waals surface area contributed by atoms with Crippen LogP contribution in [0.25, 0.3) is 16.5 Å². The van der Waals surface area contributed by atoms with Crippen LogP contribution in [0.2, 0.25) is 0 Å². The van der Waals surface area contributed by atoms with Crippen molar-refractivity contribution in [2.24, 2.45) is 5.41 Å². The average molecular weight is 297 g/mol. The summed E-state index contributed by atoms with van der Waals surface area (Å²) in [6.07, 6.45) is 7.14. The largest absolute Gasteiger partial charge is 0.396 e. The number of allylic oxidation sites excluding steroid dienone is 3. The van der Waals surface area contributed by atoms with Crippen LogP contribution in [0.4, 0.5) is 0 Å². The monoisotopic (exact) mass is 297 g/mol.